The maximum absolute atomic E-state index is 13.6. The van der Waals surface area contributed by atoms with Gasteiger partial charge in [0.25, 0.3) is 11.8 Å². The molecule has 2 aliphatic rings. The van der Waals surface area contributed by atoms with Crippen LogP contribution in [0.5, 0.6) is 11.5 Å². The van der Waals surface area contributed by atoms with Crippen molar-refractivity contribution in [2.24, 2.45) is 0 Å². The summed E-state index contributed by atoms with van der Waals surface area (Å²) in [6.07, 6.45) is -9.50. The maximum Gasteiger partial charge on any atom is 0.573 e. The van der Waals surface area contributed by atoms with Gasteiger partial charge in [0.15, 0.2) is 6.61 Å². The lowest BCUT2D eigenvalue weighted by Gasteiger charge is -2.39. The van der Waals surface area contributed by atoms with Crippen LogP contribution in [0.2, 0.25) is 5.02 Å². The van der Waals surface area contributed by atoms with E-state index in [9.17, 15) is 40.7 Å². The van der Waals surface area contributed by atoms with E-state index in [4.69, 9.17) is 16.3 Å². The minimum Gasteiger partial charge on any atom is -0.483 e. The minimum absolute atomic E-state index is 0.0236. The number of carbonyl (C=O) groups is 3. The van der Waals surface area contributed by atoms with E-state index in [1.165, 1.54) is 47.1 Å². The van der Waals surface area contributed by atoms with Crippen LogP contribution in [0.1, 0.15) is 21.5 Å². The van der Waals surface area contributed by atoms with Crippen LogP contribution < -0.4 is 14.8 Å². The van der Waals surface area contributed by atoms with Crippen LogP contribution in [0.15, 0.2) is 54.6 Å². The Kier molecular flexibility index (Phi) is 8.14. The number of piperazine rings is 1. The Balaban J connectivity index is 1.29. The number of amides is 3. The fourth-order valence-electron chi connectivity index (χ4n) is 4.99. The second-order valence-corrected chi connectivity index (χ2v) is 10.5. The molecule has 8 nitrogen and oxygen atoms in total. The molecule has 232 valence electrons. The number of benzene rings is 3. The largest absolute Gasteiger partial charge is 0.573 e. The standard InChI is InChI=1S/C29H22ClF6N3O5/c1-15-8-20(44-29(34,35)36)3-5-24(15)43-14-25(40)38-6-7-39-23(13-38)26(41)37-22-4-2-16(11-21(22)27(39)42)17-9-18(28(31,32)33)12-19(30)10-17/h2-5,8-12,23H,6-7,13-14H2,1H3,(H,37,41). The zero-order valence-corrected chi connectivity index (χ0v) is 23.4. The summed E-state index contributed by atoms with van der Waals surface area (Å²) in [4.78, 5) is 42.2. The first-order valence-electron chi connectivity index (χ1n) is 13.0. The number of alkyl halides is 6. The summed E-state index contributed by atoms with van der Waals surface area (Å²) >= 11 is 5.93. The van der Waals surface area contributed by atoms with Gasteiger partial charge in [-0.3, -0.25) is 14.4 Å². The normalized spacial score (nSPS) is 17.0. The Bertz CT molecular complexity index is 1640. The molecule has 1 saturated heterocycles. The van der Waals surface area contributed by atoms with Crippen molar-refractivity contribution in [2.45, 2.75) is 25.5 Å². The van der Waals surface area contributed by atoms with Gasteiger partial charge in [0, 0.05) is 18.1 Å². The highest BCUT2D eigenvalue weighted by molar-refractivity contribution is 6.31. The Morgan fingerprint density at radius 2 is 1.73 bits per heavy atom. The zero-order valence-electron chi connectivity index (χ0n) is 22.7. The molecule has 5 rings (SSSR count). The third kappa shape index (κ3) is 6.69. The highest BCUT2D eigenvalue weighted by Crippen LogP contribution is 2.37. The van der Waals surface area contributed by atoms with Gasteiger partial charge in [0.1, 0.15) is 17.5 Å². The van der Waals surface area contributed by atoms with Gasteiger partial charge in [0.2, 0.25) is 5.91 Å². The number of rotatable bonds is 5. The molecule has 15 heteroatoms. The number of ether oxygens (including phenoxy) is 2. The van der Waals surface area contributed by atoms with Gasteiger partial charge in [0.05, 0.1) is 23.4 Å². The monoisotopic (exact) mass is 641 g/mol. The Labute approximate surface area is 251 Å². The van der Waals surface area contributed by atoms with Crippen LogP contribution in [0.4, 0.5) is 32.0 Å². The summed E-state index contributed by atoms with van der Waals surface area (Å²) in [5.41, 5.74) is -0.0447. The first-order valence-corrected chi connectivity index (χ1v) is 13.4. The number of aryl methyl sites for hydroxylation is 1. The van der Waals surface area contributed by atoms with Gasteiger partial charge in [-0.1, -0.05) is 17.7 Å². The molecule has 0 aromatic heterocycles. The van der Waals surface area contributed by atoms with E-state index in [1.807, 2.05) is 0 Å². The Hall–Kier alpha value is -4.46. The molecule has 3 aromatic carbocycles. The molecule has 2 aliphatic heterocycles. The molecule has 3 aromatic rings. The first kappa shape index (κ1) is 31.0. The van der Waals surface area contributed by atoms with Crippen LogP contribution in [0.3, 0.4) is 0 Å². The van der Waals surface area contributed by atoms with E-state index in [-0.39, 0.29) is 52.8 Å². The maximum atomic E-state index is 13.6. The molecule has 1 N–H and O–H groups in total. The average molecular weight is 642 g/mol. The zero-order chi connectivity index (χ0) is 32.0. The summed E-state index contributed by atoms with van der Waals surface area (Å²) in [5.74, 6) is -1.93. The third-order valence-corrected chi connectivity index (χ3v) is 7.31. The van der Waals surface area contributed by atoms with Gasteiger partial charge in [-0.15, -0.1) is 13.2 Å². The van der Waals surface area contributed by atoms with Crippen molar-refractivity contribution < 1.29 is 50.2 Å². The summed E-state index contributed by atoms with van der Waals surface area (Å²) in [7, 11) is 0. The predicted molar refractivity (Wildman–Crippen MR) is 145 cm³/mol. The molecule has 0 spiro atoms. The van der Waals surface area contributed by atoms with E-state index in [2.05, 4.69) is 10.1 Å². The SMILES string of the molecule is Cc1cc(OC(F)(F)F)ccc1OCC(=O)N1CCN2C(=O)c3cc(-c4cc(Cl)cc(C(F)(F)F)c4)ccc3NC(=O)C2C1. The van der Waals surface area contributed by atoms with Crippen molar-refractivity contribution in [1.29, 1.82) is 0 Å². The van der Waals surface area contributed by atoms with Crippen molar-refractivity contribution in [1.82, 2.24) is 9.80 Å². The highest BCUT2D eigenvalue weighted by atomic mass is 35.5. The lowest BCUT2D eigenvalue weighted by Crippen LogP contribution is -2.60. The molecule has 1 fully saturated rings. The number of nitrogens with one attached hydrogen (secondary N) is 1. The van der Waals surface area contributed by atoms with Gasteiger partial charge < -0.3 is 24.6 Å². The molecular weight excluding hydrogens is 620 g/mol. The molecule has 0 bridgehead atoms. The van der Waals surface area contributed by atoms with Crippen LogP contribution in [0, 0.1) is 6.92 Å². The van der Waals surface area contributed by atoms with E-state index in [1.54, 1.807) is 0 Å². The lowest BCUT2D eigenvalue weighted by atomic mass is 9.99. The first-order chi connectivity index (χ1) is 20.6. The molecular formula is C29H22ClF6N3O5. The average Bonchev–Trinajstić information content (AvgIpc) is 3.04. The molecule has 0 radical (unpaired) electrons. The summed E-state index contributed by atoms with van der Waals surface area (Å²) in [6.45, 7) is 0.860. The molecule has 1 unspecified atom stereocenters. The minimum atomic E-state index is -4.86. The number of nitrogens with zero attached hydrogens (tertiary/aromatic N) is 2. The van der Waals surface area contributed by atoms with E-state index < -0.39 is 54.2 Å². The van der Waals surface area contributed by atoms with Gasteiger partial charge in [-0.25, -0.2) is 0 Å². The number of anilines is 1. The van der Waals surface area contributed by atoms with Crippen molar-refractivity contribution in [3.63, 3.8) is 0 Å². The van der Waals surface area contributed by atoms with Crippen LogP contribution in [-0.4, -0.2) is 66.2 Å². The quantitative estimate of drug-likeness (QED) is 0.350. The fraction of sp³-hybridized carbons (Fsp3) is 0.276. The van der Waals surface area contributed by atoms with Crippen molar-refractivity contribution >= 4 is 35.0 Å². The van der Waals surface area contributed by atoms with E-state index in [0.717, 1.165) is 24.3 Å². The second-order valence-electron chi connectivity index (χ2n) is 10.1. The fourth-order valence-corrected chi connectivity index (χ4v) is 5.22. The Morgan fingerprint density at radius 1 is 0.977 bits per heavy atom. The topological polar surface area (TPSA) is 88.2 Å². The second kappa shape index (κ2) is 11.6. The molecule has 3 amide bonds. The number of hydrogen-bond donors (Lipinski definition) is 1. The molecule has 0 saturated carbocycles. The molecule has 0 aliphatic carbocycles. The van der Waals surface area contributed by atoms with Crippen molar-refractivity contribution in [2.75, 3.05) is 31.6 Å². The molecule has 44 heavy (non-hydrogen) atoms. The van der Waals surface area contributed by atoms with Crippen LogP contribution in [-0.2, 0) is 15.8 Å². The van der Waals surface area contributed by atoms with Gasteiger partial charge in [-0.05, 0) is 72.1 Å². The van der Waals surface area contributed by atoms with Crippen molar-refractivity contribution in [3.8, 4) is 22.6 Å². The van der Waals surface area contributed by atoms with Crippen LogP contribution in [0.25, 0.3) is 11.1 Å². The Morgan fingerprint density at radius 3 is 2.41 bits per heavy atom. The summed E-state index contributed by atoms with van der Waals surface area (Å²) < 4.78 is 86.8. The summed E-state index contributed by atoms with van der Waals surface area (Å²) in [6, 6.07) is 9.61. The van der Waals surface area contributed by atoms with Crippen LogP contribution >= 0.6 is 11.6 Å². The molecule has 1 atom stereocenters. The van der Waals surface area contributed by atoms with E-state index in [0.29, 0.717) is 5.56 Å². The molecule has 2 heterocycles. The number of carbonyl (C=O) groups excluding carboxylic acids is 3. The third-order valence-electron chi connectivity index (χ3n) is 7.09. The van der Waals surface area contributed by atoms with Gasteiger partial charge in [-0.2, -0.15) is 13.2 Å². The van der Waals surface area contributed by atoms with Gasteiger partial charge >= 0.3 is 12.5 Å². The number of fused-ring (bicyclic) bond motifs is 2. The smallest absolute Gasteiger partial charge is 0.483 e. The predicted octanol–water partition coefficient (Wildman–Crippen LogP) is 5.92. The van der Waals surface area contributed by atoms with E-state index >= 15 is 0 Å². The van der Waals surface area contributed by atoms with Crippen molar-refractivity contribution in [3.05, 3.63) is 76.3 Å². The number of halogens is 7. The lowest BCUT2D eigenvalue weighted by molar-refractivity contribution is -0.274. The summed E-state index contributed by atoms with van der Waals surface area (Å²) in [5, 5.41) is 2.51. The number of hydrogen-bond acceptors (Lipinski definition) is 5. The highest BCUT2D eigenvalue weighted by Gasteiger charge is 2.41.